The van der Waals surface area contributed by atoms with Crippen LogP contribution in [0.4, 0.5) is 0 Å². The summed E-state index contributed by atoms with van der Waals surface area (Å²) in [5.74, 6) is 0.744. The Morgan fingerprint density at radius 1 is 1.67 bits per heavy atom. The van der Waals surface area contributed by atoms with Crippen molar-refractivity contribution in [1.82, 2.24) is 14.9 Å². The minimum atomic E-state index is -0.0672. The fourth-order valence-corrected chi connectivity index (χ4v) is 3.16. The van der Waals surface area contributed by atoms with Crippen LogP contribution in [-0.2, 0) is 4.79 Å². The van der Waals surface area contributed by atoms with E-state index < -0.39 is 0 Å². The van der Waals surface area contributed by atoms with Gasteiger partial charge in [0.2, 0.25) is 5.91 Å². The maximum absolute atomic E-state index is 11.9. The molecule has 0 unspecified atom stereocenters. The van der Waals surface area contributed by atoms with Crippen molar-refractivity contribution >= 4 is 17.7 Å². The number of rotatable bonds is 4. The Hall–Kier alpha value is -1.30. The number of fused-ring (bicyclic) bond motifs is 1. The summed E-state index contributed by atoms with van der Waals surface area (Å²) in [5, 5.41) is 3.57. The molecule has 0 bridgehead atoms. The molecule has 1 aliphatic rings. The molecule has 18 heavy (non-hydrogen) atoms. The lowest BCUT2D eigenvalue weighted by Crippen LogP contribution is -2.30. The number of hydrogen-bond donors (Lipinski definition) is 1. The summed E-state index contributed by atoms with van der Waals surface area (Å²) in [6.45, 7) is 4.51. The summed E-state index contributed by atoms with van der Waals surface area (Å²) < 4.78 is 1.64. The Labute approximate surface area is 110 Å². The van der Waals surface area contributed by atoms with E-state index >= 15 is 0 Å². The SMILES string of the molecule is CCCNC(=O)C[C@H]1CSc2nc(C)cc(=O)n21. The number of aromatic nitrogens is 2. The maximum Gasteiger partial charge on any atom is 0.254 e. The normalized spacial score (nSPS) is 17.6. The second-order valence-corrected chi connectivity index (χ2v) is 5.39. The van der Waals surface area contributed by atoms with E-state index in [9.17, 15) is 9.59 Å². The summed E-state index contributed by atoms with van der Waals surface area (Å²) in [7, 11) is 0. The largest absolute Gasteiger partial charge is 0.356 e. The Bertz CT molecular complexity index is 513. The van der Waals surface area contributed by atoms with Crippen molar-refractivity contribution in [3.63, 3.8) is 0 Å². The van der Waals surface area contributed by atoms with Gasteiger partial charge in [0.15, 0.2) is 5.16 Å². The van der Waals surface area contributed by atoms with E-state index in [2.05, 4.69) is 10.3 Å². The molecule has 1 amide bonds. The zero-order valence-corrected chi connectivity index (χ0v) is 11.4. The van der Waals surface area contributed by atoms with Gasteiger partial charge in [-0.15, -0.1) is 0 Å². The number of aryl methyl sites for hydroxylation is 1. The van der Waals surface area contributed by atoms with Crippen LogP contribution in [-0.4, -0.2) is 27.8 Å². The van der Waals surface area contributed by atoms with Gasteiger partial charge in [0.1, 0.15) is 0 Å². The van der Waals surface area contributed by atoms with E-state index in [4.69, 9.17) is 0 Å². The summed E-state index contributed by atoms with van der Waals surface area (Å²) in [5.41, 5.74) is 0.672. The minimum absolute atomic E-state index is 0.00257. The summed E-state index contributed by atoms with van der Waals surface area (Å²) >= 11 is 1.54. The molecule has 0 aromatic carbocycles. The molecule has 1 aliphatic heterocycles. The highest BCUT2D eigenvalue weighted by atomic mass is 32.2. The van der Waals surface area contributed by atoms with Gasteiger partial charge in [0.05, 0.1) is 6.04 Å². The van der Waals surface area contributed by atoms with Gasteiger partial charge >= 0.3 is 0 Å². The molecule has 0 saturated heterocycles. The fraction of sp³-hybridized carbons (Fsp3) is 0.583. The molecule has 1 aromatic rings. The zero-order chi connectivity index (χ0) is 13.1. The summed E-state index contributed by atoms with van der Waals surface area (Å²) in [6, 6.07) is 1.45. The van der Waals surface area contributed by atoms with Crippen molar-refractivity contribution in [3.05, 3.63) is 22.1 Å². The smallest absolute Gasteiger partial charge is 0.254 e. The predicted molar refractivity (Wildman–Crippen MR) is 70.9 cm³/mol. The van der Waals surface area contributed by atoms with E-state index in [1.54, 1.807) is 16.3 Å². The van der Waals surface area contributed by atoms with E-state index in [1.165, 1.54) is 6.07 Å². The van der Waals surface area contributed by atoms with E-state index in [-0.39, 0.29) is 17.5 Å². The van der Waals surface area contributed by atoms with Crippen LogP contribution in [0.1, 0.15) is 31.5 Å². The molecule has 1 aromatic heterocycles. The van der Waals surface area contributed by atoms with Crippen molar-refractivity contribution in [3.8, 4) is 0 Å². The monoisotopic (exact) mass is 267 g/mol. The molecule has 6 heteroatoms. The number of carbonyl (C=O) groups excluding carboxylic acids is 1. The molecular formula is C12H17N3O2S. The van der Waals surface area contributed by atoms with Crippen molar-refractivity contribution in [2.75, 3.05) is 12.3 Å². The van der Waals surface area contributed by atoms with E-state index in [1.807, 2.05) is 13.8 Å². The second kappa shape index (κ2) is 5.56. The number of carbonyl (C=O) groups is 1. The van der Waals surface area contributed by atoms with Gasteiger partial charge in [-0.25, -0.2) is 4.98 Å². The number of thioether (sulfide) groups is 1. The van der Waals surface area contributed by atoms with Crippen molar-refractivity contribution < 1.29 is 4.79 Å². The van der Waals surface area contributed by atoms with E-state index in [0.717, 1.165) is 23.0 Å². The van der Waals surface area contributed by atoms with Crippen molar-refractivity contribution in [2.45, 2.75) is 37.9 Å². The lowest BCUT2D eigenvalue weighted by molar-refractivity contribution is -0.121. The lowest BCUT2D eigenvalue weighted by Gasteiger charge is -2.12. The van der Waals surface area contributed by atoms with Crippen LogP contribution in [0.15, 0.2) is 16.0 Å². The molecule has 0 radical (unpaired) electrons. The molecule has 0 fully saturated rings. The standard InChI is InChI=1S/C12H17N3O2S/c1-3-4-13-10(16)6-9-7-18-12-14-8(2)5-11(17)15(9)12/h5,9H,3-4,6-7H2,1-2H3,(H,13,16)/t9-/m0/s1. The van der Waals surface area contributed by atoms with Gasteiger partial charge in [-0.1, -0.05) is 18.7 Å². The number of amides is 1. The summed E-state index contributed by atoms with van der Waals surface area (Å²) in [6.07, 6.45) is 1.27. The highest BCUT2D eigenvalue weighted by Gasteiger charge is 2.27. The van der Waals surface area contributed by atoms with E-state index in [0.29, 0.717) is 13.0 Å². The molecule has 2 rings (SSSR count). The fourth-order valence-electron chi connectivity index (χ4n) is 1.96. The topological polar surface area (TPSA) is 64.0 Å². The van der Waals surface area contributed by atoms with Crippen LogP contribution in [0.5, 0.6) is 0 Å². The molecule has 0 spiro atoms. The Morgan fingerprint density at radius 3 is 3.17 bits per heavy atom. The van der Waals surface area contributed by atoms with Crippen LogP contribution >= 0.6 is 11.8 Å². The second-order valence-electron chi connectivity index (χ2n) is 4.41. The van der Waals surface area contributed by atoms with Crippen LogP contribution in [0.25, 0.3) is 0 Å². The van der Waals surface area contributed by atoms with Crippen molar-refractivity contribution in [1.29, 1.82) is 0 Å². The van der Waals surface area contributed by atoms with Crippen molar-refractivity contribution in [2.24, 2.45) is 0 Å². The first kappa shape index (κ1) is 13.1. The summed E-state index contributed by atoms with van der Waals surface area (Å²) in [4.78, 5) is 27.9. The van der Waals surface area contributed by atoms with Gasteiger partial charge in [-0.2, -0.15) is 0 Å². The van der Waals surface area contributed by atoms with Crippen LogP contribution in [0.3, 0.4) is 0 Å². The van der Waals surface area contributed by atoms with Crippen LogP contribution < -0.4 is 10.9 Å². The third-order valence-corrected chi connectivity index (χ3v) is 3.91. The lowest BCUT2D eigenvalue weighted by atomic mass is 10.2. The molecule has 2 heterocycles. The first-order valence-electron chi connectivity index (χ1n) is 6.11. The van der Waals surface area contributed by atoms with Gasteiger partial charge in [0.25, 0.3) is 5.56 Å². The van der Waals surface area contributed by atoms with Gasteiger partial charge in [-0.3, -0.25) is 14.2 Å². The Kier molecular flexibility index (Phi) is 4.06. The molecule has 0 aliphatic carbocycles. The third-order valence-electron chi connectivity index (χ3n) is 2.81. The molecule has 98 valence electrons. The Morgan fingerprint density at radius 2 is 2.44 bits per heavy atom. The average molecular weight is 267 g/mol. The average Bonchev–Trinajstić information content (AvgIpc) is 2.69. The highest BCUT2D eigenvalue weighted by Crippen LogP contribution is 2.31. The molecule has 0 saturated carbocycles. The molecule has 1 atom stereocenters. The Balaban J connectivity index is 2.12. The number of nitrogens with zero attached hydrogens (tertiary/aromatic N) is 2. The maximum atomic E-state index is 11.9. The van der Waals surface area contributed by atoms with Gasteiger partial charge < -0.3 is 5.32 Å². The molecule has 5 nitrogen and oxygen atoms in total. The first-order chi connectivity index (χ1) is 8.61. The third kappa shape index (κ3) is 2.75. The van der Waals surface area contributed by atoms with Gasteiger partial charge in [-0.05, 0) is 13.3 Å². The van der Waals surface area contributed by atoms with Crippen LogP contribution in [0, 0.1) is 6.92 Å². The minimum Gasteiger partial charge on any atom is -0.356 e. The quantitative estimate of drug-likeness (QED) is 0.830. The van der Waals surface area contributed by atoms with Gasteiger partial charge in [0, 0.05) is 30.5 Å². The zero-order valence-electron chi connectivity index (χ0n) is 10.6. The number of hydrogen-bond acceptors (Lipinski definition) is 4. The van der Waals surface area contributed by atoms with Crippen LogP contribution in [0.2, 0.25) is 0 Å². The molecule has 1 N–H and O–H groups in total. The highest BCUT2D eigenvalue weighted by molar-refractivity contribution is 7.99. The molecular weight excluding hydrogens is 250 g/mol. The number of nitrogens with one attached hydrogen (secondary N) is 1. The first-order valence-corrected chi connectivity index (χ1v) is 7.10. The predicted octanol–water partition coefficient (Wildman–Crippen LogP) is 1.11.